The Morgan fingerprint density at radius 3 is 2.63 bits per heavy atom. The summed E-state index contributed by atoms with van der Waals surface area (Å²) in [5.74, 6) is 0.694. The van der Waals surface area contributed by atoms with Crippen molar-refractivity contribution in [3.05, 3.63) is 0 Å². The van der Waals surface area contributed by atoms with Crippen molar-refractivity contribution in [1.82, 2.24) is 10.2 Å². The minimum Gasteiger partial charge on any atom is -0.394 e. The van der Waals surface area contributed by atoms with E-state index < -0.39 is 0 Å². The fraction of sp³-hybridized carbons (Fsp3) is 1.00. The highest BCUT2D eigenvalue weighted by Crippen LogP contribution is 2.40. The van der Waals surface area contributed by atoms with Crippen LogP contribution in [0, 0.1) is 5.92 Å². The second kappa shape index (κ2) is 7.05. The van der Waals surface area contributed by atoms with E-state index >= 15 is 0 Å². The van der Waals surface area contributed by atoms with Crippen LogP contribution in [0.15, 0.2) is 0 Å². The van der Waals surface area contributed by atoms with Crippen LogP contribution in [0.5, 0.6) is 0 Å². The van der Waals surface area contributed by atoms with Gasteiger partial charge >= 0.3 is 0 Å². The molecule has 2 fully saturated rings. The van der Waals surface area contributed by atoms with E-state index in [1.807, 2.05) is 0 Å². The summed E-state index contributed by atoms with van der Waals surface area (Å²) in [5, 5.41) is 13.7. The standard InChI is InChI=1S/C16H32N2O/c1-3-10-17-16(13-19,15-8-9-15)12-18-11-6-4-5-7-14(18)2/h14-15,17,19H,3-13H2,1-2H3. The second-order valence-electron chi connectivity index (χ2n) is 6.68. The summed E-state index contributed by atoms with van der Waals surface area (Å²) in [6.07, 6.45) is 9.11. The van der Waals surface area contributed by atoms with Gasteiger partial charge in [-0.1, -0.05) is 19.8 Å². The number of nitrogens with zero attached hydrogens (tertiary/aromatic N) is 1. The maximum Gasteiger partial charge on any atom is 0.0628 e. The van der Waals surface area contributed by atoms with Crippen molar-refractivity contribution in [1.29, 1.82) is 0 Å². The van der Waals surface area contributed by atoms with Crippen LogP contribution in [0.25, 0.3) is 0 Å². The SMILES string of the molecule is CCCNC(CO)(CN1CCCCCC1C)C1CC1. The minimum absolute atomic E-state index is 0.0331. The molecule has 3 heteroatoms. The van der Waals surface area contributed by atoms with Crippen molar-refractivity contribution in [3.8, 4) is 0 Å². The van der Waals surface area contributed by atoms with E-state index in [0.717, 1.165) is 19.5 Å². The molecule has 2 rings (SSSR count). The Labute approximate surface area is 118 Å². The first-order chi connectivity index (χ1) is 9.22. The van der Waals surface area contributed by atoms with Gasteiger partial charge < -0.3 is 10.4 Å². The highest BCUT2D eigenvalue weighted by atomic mass is 16.3. The van der Waals surface area contributed by atoms with Crippen LogP contribution in [-0.2, 0) is 0 Å². The lowest BCUT2D eigenvalue weighted by molar-refractivity contribution is 0.0747. The van der Waals surface area contributed by atoms with Crippen molar-refractivity contribution in [3.63, 3.8) is 0 Å². The van der Waals surface area contributed by atoms with Gasteiger partial charge in [-0.25, -0.2) is 0 Å². The van der Waals surface area contributed by atoms with Gasteiger partial charge in [-0.2, -0.15) is 0 Å². The van der Waals surface area contributed by atoms with Crippen molar-refractivity contribution in [2.45, 2.75) is 70.4 Å². The van der Waals surface area contributed by atoms with E-state index in [1.54, 1.807) is 0 Å². The topological polar surface area (TPSA) is 35.5 Å². The molecule has 2 atom stereocenters. The van der Waals surface area contributed by atoms with Gasteiger partial charge in [0.05, 0.1) is 12.1 Å². The first-order valence-electron chi connectivity index (χ1n) is 8.32. The molecule has 112 valence electrons. The lowest BCUT2D eigenvalue weighted by atomic mass is 9.92. The van der Waals surface area contributed by atoms with Crippen LogP contribution in [0.4, 0.5) is 0 Å². The predicted octanol–water partition coefficient (Wildman–Crippen LogP) is 2.39. The van der Waals surface area contributed by atoms with E-state index in [2.05, 4.69) is 24.1 Å². The first kappa shape index (κ1) is 15.3. The number of likely N-dealkylation sites (tertiary alicyclic amines) is 1. The third-order valence-electron chi connectivity index (χ3n) is 5.04. The number of hydrogen-bond donors (Lipinski definition) is 2. The quantitative estimate of drug-likeness (QED) is 0.744. The average molecular weight is 268 g/mol. The van der Waals surface area contributed by atoms with Crippen molar-refractivity contribution >= 4 is 0 Å². The summed E-state index contributed by atoms with van der Waals surface area (Å²) in [6, 6.07) is 0.676. The van der Waals surface area contributed by atoms with Crippen LogP contribution in [0.3, 0.4) is 0 Å². The summed E-state index contributed by atoms with van der Waals surface area (Å²) >= 11 is 0. The molecule has 3 nitrogen and oxygen atoms in total. The molecular weight excluding hydrogens is 236 g/mol. The van der Waals surface area contributed by atoms with Gasteiger partial charge in [0, 0.05) is 12.6 Å². The summed E-state index contributed by atoms with van der Waals surface area (Å²) in [4.78, 5) is 2.63. The van der Waals surface area contributed by atoms with E-state index in [0.29, 0.717) is 18.6 Å². The fourth-order valence-corrected chi connectivity index (χ4v) is 3.51. The zero-order valence-electron chi connectivity index (χ0n) is 12.8. The van der Waals surface area contributed by atoms with Crippen molar-refractivity contribution in [2.24, 2.45) is 5.92 Å². The highest BCUT2D eigenvalue weighted by molar-refractivity contribution is 5.03. The van der Waals surface area contributed by atoms with Gasteiger partial charge in [0.2, 0.25) is 0 Å². The molecule has 0 bridgehead atoms. The Hall–Kier alpha value is -0.120. The average Bonchev–Trinajstić information content (AvgIpc) is 3.25. The third kappa shape index (κ3) is 3.93. The largest absolute Gasteiger partial charge is 0.394 e. The van der Waals surface area contributed by atoms with Crippen LogP contribution in [-0.4, -0.2) is 47.8 Å². The van der Waals surface area contributed by atoms with E-state index in [4.69, 9.17) is 0 Å². The second-order valence-corrected chi connectivity index (χ2v) is 6.68. The summed E-state index contributed by atoms with van der Waals surface area (Å²) in [6.45, 7) is 8.13. The Kier molecular flexibility index (Phi) is 5.67. The predicted molar refractivity (Wildman–Crippen MR) is 80.3 cm³/mol. The van der Waals surface area contributed by atoms with Crippen LogP contribution in [0.2, 0.25) is 0 Å². The number of hydrogen-bond acceptors (Lipinski definition) is 3. The molecule has 0 aromatic carbocycles. The van der Waals surface area contributed by atoms with Crippen molar-refractivity contribution in [2.75, 3.05) is 26.2 Å². The summed E-state index contributed by atoms with van der Waals surface area (Å²) in [5.41, 5.74) is -0.0331. The molecule has 2 unspecified atom stereocenters. The van der Waals surface area contributed by atoms with Crippen LogP contribution < -0.4 is 5.32 Å². The third-order valence-corrected chi connectivity index (χ3v) is 5.04. The first-order valence-corrected chi connectivity index (χ1v) is 8.32. The van der Waals surface area contributed by atoms with Gasteiger partial charge in [0.1, 0.15) is 0 Å². The molecular formula is C16H32N2O. The molecule has 0 radical (unpaired) electrons. The minimum atomic E-state index is -0.0331. The zero-order chi connectivity index (χ0) is 13.7. The molecule has 1 saturated carbocycles. The number of nitrogens with one attached hydrogen (secondary N) is 1. The number of rotatable bonds is 7. The van der Waals surface area contributed by atoms with Crippen LogP contribution in [0.1, 0.15) is 58.8 Å². The smallest absolute Gasteiger partial charge is 0.0628 e. The monoisotopic (exact) mass is 268 g/mol. The summed E-state index contributed by atoms with van der Waals surface area (Å²) in [7, 11) is 0. The van der Waals surface area contributed by atoms with Crippen LogP contribution >= 0.6 is 0 Å². The fourth-order valence-electron chi connectivity index (χ4n) is 3.51. The Morgan fingerprint density at radius 1 is 1.21 bits per heavy atom. The van der Waals surface area contributed by atoms with Crippen molar-refractivity contribution < 1.29 is 5.11 Å². The van der Waals surface area contributed by atoms with E-state index in [1.165, 1.54) is 45.1 Å². The number of aliphatic hydroxyl groups is 1. The summed E-state index contributed by atoms with van der Waals surface area (Å²) < 4.78 is 0. The molecule has 1 heterocycles. The normalized spacial score (nSPS) is 28.9. The molecule has 2 N–H and O–H groups in total. The maximum atomic E-state index is 10.0. The van der Waals surface area contributed by atoms with E-state index in [9.17, 15) is 5.11 Å². The van der Waals surface area contributed by atoms with E-state index in [-0.39, 0.29) is 5.54 Å². The Bertz CT molecular complexity index is 267. The molecule has 2 aliphatic rings. The molecule has 1 saturated heterocycles. The van der Waals surface area contributed by atoms with Gasteiger partial charge in [0.15, 0.2) is 0 Å². The Morgan fingerprint density at radius 2 is 2.00 bits per heavy atom. The molecule has 0 amide bonds. The van der Waals surface area contributed by atoms with Gasteiger partial charge in [-0.3, -0.25) is 4.90 Å². The van der Waals surface area contributed by atoms with Gasteiger partial charge in [0.25, 0.3) is 0 Å². The Balaban J connectivity index is 2.00. The molecule has 0 aromatic rings. The molecule has 1 aliphatic carbocycles. The lowest BCUT2D eigenvalue weighted by Crippen LogP contribution is -2.59. The lowest BCUT2D eigenvalue weighted by Gasteiger charge is -2.40. The molecule has 19 heavy (non-hydrogen) atoms. The highest BCUT2D eigenvalue weighted by Gasteiger charge is 2.45. The number of aliphatic hydroxyl groups excluding tert-OH is 1. The molecule has 0 aromatic heterocycles. The van der Waals surface area contributed by atoms with Gasteiger partial charge in [-0.05, 0) is 58.0 Å². The zero-order valence-corrected chi connectivity index (χ0v) is 12.8. The molecule has 0 spiro atoms. The van der Waals surface area contributed by atoms with Gasteiger partial charge in [-0.15, -0.1) is 0 Å². The molecule has 1 aliphatic heterocycles. The maximum absolute atomic E-state index is 10.0.